The van der Waals surface area contributed by atoms with Crippen molar-refractivity contribution in [2.24, 2.45) is 0 Å². The number of alkyl halides is 2. The van der Waals surface area contributed by atoms with Gasteiger partial charge in [-0.1, -0.05) is 6.07 Å². The predicted octanol–water partition coefficient (Wildman–Crippen LogP) is 4.03. The van der Waals surface area contributed by atoms with Crippen LogP contribution in [0.15, 0.2) is 54.9 Å². The van der Waals surface area contributed by atoms with Gasteiger partial charge < -0.3 is 19.5 Å². The minimum atomic E-state index is -2.93. The summed E-state index contributed by atoms with van der Waals surface area (Å²) in [5.74, 6) is -2.02. The number of aromatic nitrogens is 4. The zero-order chi connectivity index (χ0) is 26.0. The molecule has 0 unspecified atom stereocenters. The lowest BCUT2D eigenvalue weighted by atomic mass is 10.1. The molecule has 1 aliphatic heterocycles. The molecule has 0 atom stereocenters. The Labute approximate surface area is 213 Å². The number of piperazine rings is 1. The van der Waals surface area contributed by atoms with Crippen LogP contribution in [0.4, 0.5) is 8.78 Å². The Kier molecular flexibility index (Phi) is 6.84. The van der Waals surface area contributed by atoms with Crippen molar-refractivity contribution in [3.63, 3.8) is 0 Å². The summed E-state index contributed by atoms with van der Waals surface area (Å²) in [5.41, 5.74) is 3.56. The lowest BCUT2D eigenvalue weighted by Crippen LogP contribution is -2.47. The maximum absolute atomic E-state index is 13.1. The number of aromatic amines is 1. The van der Waals surface area contributed by atoms with Crippen LogP contribution in [0.2, 0.25) is 0 Å². The van der Waals surface area contributed by atoms with E-state index in [1.807, 2.05) is 29.2 Å². The summed E-state index contributed by atoms with van der Waals surface area (Å²) in [5, 5.41) is 0.949. The fourth-order valence-corrected chi connectivity index (χ4v) is 4.25. The molecule has 0 bridgehead atoms. The van der Waals surface area contributed by atoms with E-state index in [0.717, 1.165) is 49.6 Å². The Morgan fingerprint density at radius 3 is 2.59 bits per heavy atom. The van der Waals surface area contributed by atoms with Crippen LogP contribution >= 0.6 is 0 Å². The normalized spacial score (nSPS) is 14.8. The molecule has 4 heterocycles. The minimum Gasteiger partial charge on any atom is -0.487 e. The standard InChI is InChI=1S/C27H28F2N6O2/c1-27(28,29)17-37-20-5-7-30-23(16-20)22-6-8-31-25(33-22)14-18-3-4-21-19(13-18)15-24(32-21)26(36)35-11-9-34(2)10-12-35/h3-8,13,15-16,32H,9-12,14,17H2,1-2H3. The first-order valence-electron chi connectivity index (χ1n) is 12.1. The number of pyridine rings is 1. The van der Waals surface area contributed by atoms with E-state index in [-0.39, 0.29) is 5.91 Å². The van der Waals surface area contributed by atoms with Gasteiger partial charge in [0.25, 0.3) is 11.8 Å². The molecule has 1 aliphatic rings. The summed E-state index contributed by atoms with van der Waals surface area (Å²) in [7, 11) is 2.06. The van der Waals surface area contributed by atoms with Crippen LogP contribution in [-0.2, 0) is 6.42 Å². The second kappa shape index (κ2) is 10.2. The first-order chi connectivity index (χ1) is 17.7. The maximum atomic E-state index is 13.1. The van der Waals surface area contributed by atoms with E-state index >= 15 is 0 Å². The van der Waals surface area contributed by atoms with Gasteiger partial charge in [0.1, 0.15) is 17.3 Å². The molecule has 5 rings (SSSR count). The zero-order valence-corrected chi connectivity index (χ0v) is 20.7. The molecule has 10 heteroatoms. The number of benzene rings is 1. The van der Waals surface area contributed by atoms with E-state index in [2.05, 4.69) is 31.9 Å². The average Bonchev–Trinajstić information content (AvgIpc) is 3.31. The van der Waals surface area contributed by atoms with E-state index in [1.54, 1.807) is 18.3 Å². The highest BCUT2D eigenvalue weighted by Crippen LogP contribution is 2.23. The Morgan fingerprint density at radius 1 is 1.03 bits per heavy atom. The van der Waals surface area contributed by atoms with Crippen molar-refractivity contribution < 1.29 is 18.3 Å². The highest BCUT2D eigenvalue weighted by atomic mass is 19.3. The van der Waals surface area contributed by atoms with Crippen LogP contribution < -0.4 is 4.74 Å². The molecule has 192 valence electrons. The fourth-order valence-electron chi connectivity index (χ4n) is 4.25. The van der Waals surface area contributed by atoms with Crippen molar-refractivity contribution in [1.82, 2.24) is 29.7 Å². The van der Waals surface area contributed by atoms with Gasteiger partial charge in [-0.15, -0.1) is 0 Å². The molecule has 8 nitrogen and oxygen atoms in total. The van der Waals surface area contributed by atoms with Crippen LogP contribution in [0.3, 0.4) is 0 Å². The quantitative estimate of drug-likeness (QED) is 0.407. The smallest absolute Gasteiger partial charge is 0.278 e. The number of halogens is 2. The number of hydrogen-bond donors (Lipinski definition) is 1. The second-order valence-electron chi connectivity index (χ2n) is 9.47. The van der Waals surface area contributed by atoms with Crippen molar-refractivity contribution in [1.29, 1.82) is 0 Å². The Bertz CT molecular complexity index is 1410. The van der Waals surface area contributed by atoms with Gasteiger partial charge in [-0.3, -0.25) is 9.78 Å². The molecular formula is C27H28F2N6O2. The molecule has 0 aliphatic carbocycles. The number of H-pyrrole nitrogens is 1. The molecule has 0 spiro atoms. The summed E-state index contributed by atoms with van der Waals surface area (Å²) >= 11 is 0. The lowest BCUT2D eigenvalue weighted by Gasteiger charge is -2.32. The van der Waals surface area contributed by atoms with Crippen molar-refractivity contribution in [3.8, 4) is 17.1 Å². The third-order valence-electron chi connectivity index (χ3n) is 6.26. The van der Waals surface area contributed by atoms with Crippen LogP contribution in [-0.4, -0.2) is 81.4 Å². The molecule has 0 saturated carbocycles. The summed E-state index contributed by atoms with van der Waals surface area (Å²) < 4.78 is 31.5. The lowest BCUT2D eigenvalue weighted by molar-refractivity contribution is -0.0229. The van der Waals surface area contributed by atoms with Crippen LogP contribution in [0, 0.1) is 0 Å². The van der Waals surface area contributed by atoms with Gasteiger partial charge in [-0.2, -0.15) is 0 Å². The molecular weight excluding hydrogens is 478 g/mol. The monoisotopic (exact) mass is 506 g/mol. The van der Waals surface area contributed by atoms with E-state index in [1.165, 1.54) is 12.3 Å². The summed E-state index contributed by atoms with van der Waals surface area (Å²) in [6, 6.07) is 12.7. The van der Waals surface area contributed by atoms with E-state index in [0.29, 0.717) is 35.1 Å². The number of hydrogen-bond acceptors (Lipinski definition) is 6. The van der Waals surface area contributed by atoms with Crippen molar-refractivity contribution in [2.45, 2.75) is 19.3 Å². The van der Waals surface area contributed by atoms with Crippen LogP contribution in [0.5, 0.6) is 5.75 Å². The summed E-state index contributed by atoms with van der Waals surface area (Å²) in [6.07, 6.45) is 3.63. The largest absolute Gasteiger partial charge is 0.487 e. The van der Waals surface area contributed by atoms with Gasteiger partial charge in [-0.25, -0.2) is 18.7 Å². The molecule has 4 aromatic rings. The van der Waals surface area contributed by atoms with Crippen molar-refractivity contribution in [3.05, 3.63) is 71.9 Å². The van der Waals surface area contributed by atoms with E-state index in [9.17, 15) is 13.6 Å². The third-order valence-corrected chi connectivity index (χ3v) is 6.26. The van der Waals surface area contributed by atoms with Gasteiger partial charge >= 0.3 is 0 Å². The number of likely N-dealkylation sites (N-methyl/N-ethyl adjacent to an activating group) is 1. The van der Waals surface area contributed by atoms with E-state index < -0.39 is 12.5 Å². The molecule has 1 saturated heterocycles. The fraction of sp³-hybridized carbons (Fsp3) is 0.333. The Balaban J connectivity index is 1.31. The SMILES string of the molecule is CN1CCN(C(=O)c2cc3cc(Cc4nccc(-c5cc(OCC(C)(F)F)ccn5)n4)ccc3[nH]2)CC1. The van der Waals surface area contributed by atoms with Crippen molar-refractivity contribution >= 4 is 16.8 Å². The third kappa shape index (κ3) is 6.08. The Hall–Kier alpha value is -3.92. The first kappa shape index (κ1) is 24.8. The Morgan fingerprint density at radius 2 is 1.81 bits per heavy atom. The summed E-state index contributed by atoms with van der Waals surface area (Å²) in [6.45, 7) is 3.28. The number of amides is 1. The number of nitrogens with one attached hydrogen (secondary N) is 1. The number of ether oxygens (including phenoxy) is 1. The molecule has 3 aromatic heterocycles. The van der Waals surface area contributed by atoms with Gasteiger partial charge in [0.2, 0.25) is 0 Å². The molecule has 1 N–H and O–H groups in total. The van der Waals surface area contributed by atoms with Gasteiger partial charge in [0.05, 0.1) is 11.4 Å². The first-order valence-corrected chi connectivity index (χ1v) is 12.1. The number of carbonyl (C=O) groups excluding carboxylic acids is 1. The van der Waals surface area contributed by atoms with Crippen LogP contribution in [0.1, 0.15) is 28.8 Å². The van der Waals surface area contributed by atoms with Gasteiger partial charge in [0.15, 0.2) is 6.61 Å². The highest BCUT2D eigenvalue weighted by molar-refractivity contribution is 5.98. The van der Waals surface area contributed by atoms with Crippen molar-refractivity contribution in [2.75, 3.05) is 39.8 Å². The van der Waals surface area contributed by atoms with E-state index in [4.69, 9.17) is 4.74 Å². The van der Waals surface area contributed by atoms with Gasteiger partial charge in [-0.05, 0) is 42.9 Å². The van der Waals surface area contributed by atoms with Crippen LogP contribution in [0.25, 0.3) is 22.3 Å². The number of fused-ring (bicyclic) bond motifs is 1. The minimum absolute atomic E-state index is 0.0169. The average molecular weight is 507 g/mol. The number of rotatable bonds is 7. The number of carbonyl (C=O) groups is 1. The number of nitrogens with zero attached hydrogens (tertiary/aromatic N) is 5. The maximum Gasteiger partial charge on any atom is 0.278 e. The molecule has 37 heavy (non-hydrogen) atoms. The van der Waals surface area contributed by atoms with Gasteiger partial charge in [0, 0.05) is 68.9 Å². The molecule has 1 aromatic carbocycles. The molecule has 0 radical (unpaired) electrons. The molecule has 1 fully saturated rings. The highest BCUT2D eigenvalue weighted by Gasteiger charge is 2.23. The predicted molar refractivity (Wildman–Crippen MR) is 136 cm³/mol. The topological polar surface area (TPSA) is 87.2 Å². The molecule has 1 amide bonds. The zero-order valence-electron chi connectivity index (χ0n) is 20.7. The summed E-state index contributed by atoms with van der Waals surface area (Å²) in [4.78, 5) is 33.6. The second-order valence-corrected chi connectivity index (χ2v) is 9.47.